The number of ether oxygens (including phenoxy) is 1. The van der Waals surface area contributed by atoms with E-state index < -0.39 is 0 Å². The van der Waals surface area contributed by atoms with Gasteiger partial charge in [-0.05, 0) is 39.3 Å². The van der Waals surface area contributed by atoms with Crippen molar-refractivity contribution >= 4 is 0 Å². The Morgan fingerprint density at radius 2 is 1.92 bits per heavy atom. The minimum atomic E-state index is 0.558. The Morgan fingerprint density at radius 3 is 2.62 bits per heavy atom. The third-order valence-electron chi connectivity index (χ3n) is 2.97. The van der Waals surface area contributed by atoms with Crippen molar-refractivity contribution in [2.24, 2.45) is 0 Å². The predicted octanol–water partition coefficient (Wildman–Crippen LogP) is 2.29. The van der Waals surface area contributed by atoms with Crippen LogP contribution in [0.2, 0.25) is 0 Å². The molecule has 2 heterocycles. The van der Waals surface area contributed by atoms with Crippen LogP contribution in [0.3, 0.4) is 0 Å². The monoisotopic (exact) mass is 185 g/mol. The Labute approximate surface area is 82.3 Å². The molecule has 78 valence electrons. The summed E-state index contributed by atoms with van der Waals surface area (Å²) in [6.45, 7) is 6.26. The van der Waals surface area contributed by atoms with E-state index in [1.54, 1.807) is 0 Å². The first-order valence-electron chi connectivity index (χ1n) is 5.70. The highest BCUT2D eigenvalue weighted by atomic mass is 16.5. The summed E-state index contributed by atoms with van der Waals surface area (Å²) in [5.41, 5.74) is 0. The fourth-order valence-electron chi connectivity index (χ4n) is 2.31. The lowest BCUT2D eigenvalue weighted by Crippen LogP contribution is -2.49. The fourth-order valence-corrected chi connectivity index (χ4v) is 2.31. The van der Waals surface area contributed by atoms with Crippen LogP contribution in [0.1, 0.15) is 39.5 Å². The number of nitrogens with zero attached hydrogens (tertiary/aromatic N) is 1. The largest absolute Gasteiger partial charge is 0.377 e. The molecule has 2 aliphatic heterocycles. The van der Waals surface area contributed by atoms with Crippen molar-refractivity contribution in [3.8, 4) is 0 Å². The van der Waals surface area contributed by atoms with Gasteiger partial charge < -0.3 is 9.64 Å². The molecule has 0 aromatic rings. The van der Waals surface area contributed by atoms with Crippen molar-refractivity contribution in [3.63, 3.8) is 0 Å². The number of hydrogen-bond acceptors (Lipinski definition) is 2. The first-order valence-corrected chi connectivity index (χ1v) is 5.70. The molecule has 0 aromatic heterocycles. The summed E-state index contributed by atoms with van der Waals surface area (Å²) in [7, 11) is 2.23. The molecule has 0 saturated carbocycles. The molecule has 2 heteroatoms. The van der Waals surface area contributed by atoms with Crippen LogP contribution in [0.15, 0.2) is 0 Å². The molecule has 2 saturated heterocycles. The zero-order valence-electron chi connectivity index (χ0n) is 9.25. The van der Waals surface area contributed by atoms with Gasteiger partial charge in [-0.3, -0.25) is 0 Å². The molecule has 2 unspecified atom stereocenters. The maximum atomic E-state index is 5.71. The molecule has 2 rings (SSSR count). The van der Waals surface area contributed by atoms with Crippen LogP contribution in [-0.2, 0) is 4.74 Å². The SMILES string of the molecule is CC.CN1CCCC2OCCCC21. The van der Waals surface area contributed by atoms with E-state index in [-0.39, 0.29) is 0 Å². The lowest BCUT2D eigenvalue weighted by molar-refractivity contribution is -0.0674. The second-order valence-corrected chi connectivity index (χ2v) is 3.74. The quantitative estimate of drug-likeness (QED) is 0.574. The molecule has 0 spiro atoms. The molecule has 0 N–H and O–H groups in total. The summed E-state index contributed by atoms with van der Waals surface area (Å²) in [5, 5.41) is 0. The van der Waals surface area contributed by atoms with Gasteiger partial charge in [0.15, 0.2) is 0 Å². The first kappa shape index (κ1) is 11.0. The second-order valence-electron chi connectivity index (χ2n) is 3.74. The van der Waals surface area contributed by atoms with Crippen LogP contribution >= 0.6 is 0 Å². The van der Waals surface area contributed by atoms with E-state index in [9.17, 15) is 0 Å². The van der Waals surface area contributed by atoms with Gasteiger partial charge in [0.1, 0.15) is 0 Å². The van der Waals surface area contributed by atoms with E-state index in [1.165, 1.54) is 32.2 Å². The number of likely N-dealkylation sites (N-methyl/N-ethyl adjacent to an activating group) is 1. The molecule has 0 aromatic carbocycles. The first-order chi connectivity index (χ1) is 6.38. The van der Waals surface area contributed by atoms with Gasteiger partial charge in [0.25, 0.3) is 0 Å². The molecule has 2 fully saturated rings. The van der Waals surface area contributed by atoms with Gasteiger partial charge in [-0.25, -0.2) is 0 Å². The van der Waals surface area contributed by atoms with Gasteiger partial charge >= 0.3 is 0 Å². The van der Waals surface area contributed by atoms with Crippen LogP contribution < -0.4 is 0 Å². The highest BCUT2D eigenvalue weighted by Gasteiger charge is 2.31. The van der Waals surface area contributed by atoms with E-state index in [0.29, 0.717) is 6.10 Å². The Hall–Kier alpha value is -0.0800. The highest BCUT2D eigenvalue weighted by Crippen LogP contribution is 2.26. The third-order valence-corrected chi connectivity index (χ3v) is 2.97. The summed E-state index contributed by atoms with van der Waals surface area (Å²) in [4.78, 5) is 2.47. The molecular formula is C11H23NO. The van der Waals surface area contributed by atoms with Gasteiger partial charge in [0.2, 0.25) is 0 Å². The van der Waals surface area contributed by atoms with E-state index in [4.69, 9.17) is 4.74 Å². The van der Waals surface area contributed by atoms with Gasteiger partial charge in [0.05, 0.1) is 6.10 Å². The van der Waals surface area contributed by atoms with Crippen molar-refractivity contribution in [2.45, 2.75) is 51.7 Å². The van der Waals surface area contributed by atoms with Crippen LogP contribution in [0.5, 0.6) is 0 Å². The van der Waals surface area contributed by atoms with Crippen LogP contribution in [0.4, 0.5) is 0 Å². The van der Waals surface area contributed by atoms with Gasteiger partial charge in [0, 0.05) is 12.6 Å². The standard InChI is InChI=1S/C9H17NO.C2H6/c1-10-6-2-5-9-8(10)4-3-7-11-9;1-2/h8-9H,2-7H2,1H3;1-2H3. The molecule has 0 radical (unpaired) electrons. The summed E-state index contributed by atoms with van der Waals surface area (Å²) >= 11 is 0. The predicted molar refractivity (Wildman–Crippen MR) is 56.0 cm³/mol. The lowest BCUT2D eigenvalue weighted by atomic mass is 9.93. The van der Waals surface area contributed by atoms with E-state index >= 15 is 0 Å². The second kappa shape index (κ2) is 5.61. The molecule has 2 aliphatic rings. The molecule has 13 heavy (non-hydrogen) atoms. The number of piperidine rings is 1. The molecular weight excluding hydrogens is 162 g/mol. The molecule has 2 nitrogen and oxygen atoms in total. The molecule has 0 bridgehead atoms. The van der Waals surface area contributed by atoms with Crippen LogP contribution in [-0.4, -0.2) is 37.2 Å². The Morgan fingerprint density at radius 1 is 1.15 bits per heavy atom. The highest BCUT2D eigenvalue weighted by molar-refractivity contribution is 4.85. The fraction of sp³-hybridized carbons (Fsp3) is 1.00. The van der Waals surface area contributed by atoms with Gasteiger partial charge in [-0.15, -0.1) is 0 Å². The number of fused-ring (bicyclic) bond motifs is 1. The summed E-state index contributed by atoms with van der Waals surface area (Å²) < 4.78 is 5.71. The number of likely N-dealkylation sites (tertiary alicyclic amines) is 1. The zero-order chi connectivity index (χ0) is 9.68. The topological polar surface area (TPSA) is 12.5 Å². The number of hydrogen-bond donors (Lipinski definition) is 0. The third kappa shape index (κ3) is 2.68. The van der Waals surface area contributed by atoms with Gasteiger partial charge in [-0.2, -0.15) is 0 Å². The van der Waals surface area contributed by atoms with Crippen molar-refractivity contribution in [2.75, 3.05) is 20.2 Å². The molecule has 0 amide bonds. The summed E-state index contributed by atoms with van der Waals surface area (Å²) in [6.07, 6.45) is 5.77. The van der Waals surface area contributed by atoms with Crippen LogP contribution in [0, 0.1) is 0 Å². The average Bonchev–Trinajstić information content (AvgIpc) is 2.22. The molecule has 2 atom stereocenters. The van der Waals surface area contributed by atoms with Crippen molar-refractivity contribution in [1.82, 2.24) is 4.90 Å². The summed E-state index contributed by atoms with van der Waals surface area (Å²) in [5.74, 6) is 0. The Bertz CT molecular complexity index is 136. The Balaban J connectivity index is 0.000000396. The smallest absolute Gasteiger partial charge is 0.0730 e. The zero-order valence-corrected chi connectivity index (χ0v) is 9.25. The maximum Gasteiger partial charge on any atom is 0.0730 e. The normalized spacial score (nSPS) is 34.4. The van der Waals surface area contributed by atoms with Crippen LogP contribution in [0.25, 0.3) is 0 Å². The number of rotatable bonds is 0. The average molecular weight is 185 g/mol. The van der Waals surface area contributed by atoms with Gasteiger partial charge in [-0.1, -0.05) is 13.8 Å². The minimum absolute atomic E-state index is 0.558. The maximum absolute atomic E-state index is 5.71. The molecule has 0 aliphatic carbocycles. The van der Waals surface area contributed by atoms with E-state index in [1.807, 2.05) is 13.8 Å². The Kier molecular flexibility index (Phi) is 4.74. The van der Waals surface area contributed by atoms with E-state index in [0.717, 1.165) is 12.6 Å². The minimum Gasteiger partial charge on any atom is -0.377 e. The summed E-state index contributed by atoms with van der Waals surface area (Å²) in [6, 6.07) is 0.734. The lowest BCUT2D eigenvalue weighted by Gasteiger charge is -2.41. The van der Waals surface area contributed by atoms with Crippen molar-refractivity contribution < 1.29 is 4.74 Å². The van der Waals surface area contributed by atoms with Crippen molar-refractivity contribution in [3.05, 3.63) is 0 Å². The van der Waals surface area contributed by atoms with E-state index in [2.05, 4.69) is 11.9 Å². The van der Waals surface area contributed by atoms with Crippen molar-refractivity contribution in [1.29, 1.82) is 0 Å².